The summed E-state index contributed by atoms with van der Waals surface area (Å²) >= 11 is 1.33. The molecule has 24 heavy (non-hydrogen) atoms. The number of carbonyl (C=O) groups excluding carboxylic acids is 1. The highest BCUT2D eigenvalue weighted by atomic mass is 32.1. The number of hydrogen-bond donors (Lipinski definition) is 1. The fourth-order valence-corrected chi connectivity index (χ4v) is 3.05. The topological polar surface area (TPSA) is 55.6 Å². The van der Waals surface area contributed by atoms with Gasteiger partial charge in [-0.15, -0.1) is 0 Å². The van der Waals surface area contributed by atoms with Crippen LogP contribution < -0.4 is 10.1 Å². The number of hydrogen-bond acceptors (Lipinski definition) is 4. The van der Waals surface area contributed by atoms with Crippen molar-refractivity contribution in [1.82, 2.24) is 14.7 Å². The number of nitrogens with one attached hydrogen (secondary N) is 1. The van der Waals surface area contributed by atoms with Crippen molar-refractivity contribution in [3.8, 4) is 16.2 Å². The van der Waals surface area contributed by atoms with Crippen LogP contribution in [0.1, 0.15) is 10.5 Å². The highest BCUT2D eigenvalue weighted by molar-refractivity contribution is 7.20. The fraction of sp³-hybridized carbons (Fsp3) is 0.200. The van der Waals surface area contributed by atoms with E-state index in [1.165, 1.54) is 17.5 Å². The molecule has 3 aromatic rings. The molecule has 1 amide bonds. The first-order valence-electron chi connectivity index (χ1n) is 6.83. The summed E-state index contributed by atoms with van der Waals surface area (Å²) < 4.78 is 43.2. The monoisotopic (exact) mass is 355 g/mol. The highest BCUT2D eigenvalue weighted by Gasteiger charge is 2.28. The lowest BCUT2D eigenvalue weighted by Gasteiger charge is -2.06. The maximum atomic E-state index is 12.1. The van der Waals surface area contributed by atoms with Gasteiger partial charge in [0.05, 0.1) is 12.0 Å². The Hall–Kier alpha value is -2.55. The van der Waals surface area contributed by atoms with Crippen LogP contribution in [0.2, 0.25) is 0 Å². The van der Waals surface area contributed by atoms with Crippen LogP contribution in [0, 0.1) is 0 Å². The van der Waals surface area contributed by atoms with Crippen molar-refractivity contribution in [2.24, 2.45) is 0 Å². The molecule has 0 bridgehead atoms. The van der Waals surface area contributed by atoms with Crippen LogP contribution in [0.25, 0.3) is 15.4 Å². The number of rotatable bonds is 4. The fourth-order valence-electron chi connectivity index (χ4n) is 2.09. The lowest BCUT2D eigenvalue weighted by atomic mass is 10.2. The normalized spacial score (nSPS) is 11.7. The summed E-state index contributed by atoms with van der Waals surface area (Å²) in [4.78, 5) is 17.2. The SMILES string of the molecule is COc1cccc(-c2cn3cc(C(=O)NCC(F)(F)F)nc3s2)c1. The molecular weight excluding hydrogens is 343 g/mol. The number of nitrogens with zero attached hydrogens (tertiary/aromatic N) is 2. The number of benzene rings is 1. The second-order valence-electron chi connectivity index (χ2n) is 4.94. The number of ether oxygens (including phenoxy) is 1. The van der Waals surface area contributed by atoms with Crippen molar-refractivity contribution in [2.75, 3.05) is 13.7 Å². The maximum absolute atomic E-state index is 12.1. The van der Waals surface area contributed by atoms with Crippen LogP contribution in [0.5, 0.6) is 5.75 Å². The predicted molar refractivity (Wildman–Crippen MR) is 83.4 cm³/mol. The van der Waals surface area contributed by atoms with Crippen LogP contribution in [0.4, 0.5) is 13.2 Å². The minimum absolute atomic E-state index is 0.0531. The number of thiazole rings is 1. The van der Waals surface area contributed by atoms with Crippen LogP contribution in [-0.2, 0) is 0 Å². The zero-order chi connectivity index (χ0) is 17.3. The van der Waals surface area contributed by atoms with Gasteiger partial charge in [-0.3, -0.25) is 9.20 Å². The Morgan fingerprint density at radius 2 is 2.17 bits per heavy atom. The third kappa shape index (κ3) is 3.51. The molecule has 5 nitrogen and oxygen atoms in total. The number of carbonyl (C=O) groups is 1. The van der Waals surface area contributed by atoms with E-state index in [1.807, 2.05) is 24.3 Å². The molecule has 0 aliphatic heterocycles. The molecule has 1 aromatic carbocycles. The Labute approximate surface area is 138 Å². The summed E-state index contributed by atoms with van der Waals surface area (Å²) in [6.45, 7) is -1.38. The average molecular weight is 355 g/mol. The first-order valence-corrected chi connectivity index (χ1v) is 7.65. The summed E-state index contributed by atoms with van der Waals surface area (Å²) in [7, 11) is 1.58. The smallest absolute Gasteiger partial charge is 0.405 e. The second-order valence-corrected chi connectivity index (χ2v) is 5.95. The summed E-state index contributed by atoms with van der Waals surface area (Å²) in [5.74, 6) is -0.142. The van der Waals surface area contributed by atoms with E-state index < -0.39 is 18.6 Å². The van der Waals surface area contributed by atoms with Gasteiger partial charge in [0.1, 0.15) is 18.0 Å². The molecule has 2 aromatic heterocycles. The molecule has 0 atom stereocenters. The summed E-state index contributed by atoms with van der Waals surface area (Å²) in [6, 6.07) is 7.45. The quantitative estimate of drug-likeness (QED) is 0.781. The first-order chi connectivity index (χ1) is 11.4. The lowest BCUT2D eigenvalue weighted by molar-refractivity contribution is -0.123. The maximum Gasteiger partial charge on any atom is 0.405 e. The van der Waals surface area contributed by atoms with Gasteiger partial charge in [0.2, 0.25) is 0 Å². The Morgan fingerprint density at radius 3 is 2.83 bits per heavy atom. The van der Waals surface area contributed by atoms with Crippen molar-refractivity contribution in [2.45, 2.75) is 6.18 Å². The van der Waals surface area contributed by atoms with Gasteiger partial charge < -0.3 is 10.1 Å². The van der Waals surface area contributed by atoms with Crippen LogP contribution in [-0.4, -0.2) is 35.1 Å². The van der Waals surface area contributed by atoms with Gasteiger partial charge in [-0.2, -0.15) is 13.2 Å². The number of halogens is 3. The van der Waals surface area contributed by atoms with Gasteiger partial charge in [0, 0.05) is 12.4 Å². The second kappa shape index (κ2) is 6.16. The minimum Gasteiger partial charge on any atom is -0.497 e. The van der Waals surface area contributed by atoms with Gasteiger partial charge in [-0.05, 0) is 17.7 Å². The van der Waals surface area contributed by atoms with Gasteiger partial charge in [0.25, 0.3) is 5.91 Å². The van der Waals surface area contributed by atoms with E-state index in [9.17, 15) is 18.0 Å². The largest absolute Gasteiger partial charge is 0.497 e. The van der Waals surface area contributed by atoms with E-state index in [0.29, 0.717) is 10.7 Å². The van der Waals surface area contributed by atoms with E-state index in [-0.39, 0.29) is 5.69 Å². The van der Waals surface area contributed by atoms with Crippen molar-refractivity contribution >= 4 is 22.2 Å². The Balaban J connectivity index is 1.81. The Morgan fingerprint density at radius 1 is 1.38 bits per heavy atom. The van der Waals surface area contributed by atoms with Crippen LogP contribution >= 0.6 is 11.3 Å². The third-order valence-corrected chi connectivity index (χ3v) is 4.24. The first kappa shape index (κ1) is 16.3. The zero-order valence-electron chi connectivity index (χ0n) is 12.4. The molecule has 0 unspecified atom stereocenters. The number of amides is 1. The predicted octanol–water partition coefficient (Wildman–Crippen LogP) is 3.36. The Kier molecular flexibility index (Phi) is 4.18. The van der Waals surface area contributed by atoms with E-state index in [4.69, 9.17) is 4.74 Å². The van der Waals surface area contributed by atoms with E-state index in [0.717, 1.165) is 10.4 Å². The van der Waals surface area contributed by atoms with Crippen molar-refractivity contribution in [3.05, 3.63) is 42.4 Å². The lowest BCUT2D eigenvalue weighted by Crippen LogP contribution is -2.33. The number of aromatic nitrogens is 2. The average Bonchev–Trinajstić information content (AvgIpc) is 3.10. The molecule has 0 radical (unpaired) electrons. The molecule has 126 valence electrons. The summed E-state index contributed by atoms with van der Waals surface area (Å²) in [5, 5.41) is 1.80. The standard InChI is InChI=1S/C15H12F3N3O2S/c1-23-10-4-2-3-9(5-10)12-7-21-6-11(20-14(21)24-12)13(22)19-8-15(16,17)18/h2-7H,8H2,1H3,(H,19,22). The zero-order valence-corrected chi connectivity index (χ0v) is 13.2. The van der Waals surface area contributed by atoms with Crippen molar-refractivity contribution in [1.29, 1.82) is 0 Å². The van der Waals surface area contributed by atoms with Crippen LogP contribution in [0.3, 0.4) is 0 Å². The molecule has 0 aliphatic carbocycles. The van der Waals surface area contributed by atoms with Crippen molar-refractivity contribution < 1.29 is 22.7 Å². The third-order valence-electron chi connectivity index (χ3n) is 3.19. The molecule has 2 heterocycles. The van der Waals surface area contributed by atoms with Gasteiger partial charge >= 0.3 is 6.18 Å². The van der Waals surface area contributed by atoms with Gasteiger partial charge in [-0.1, -0.05) is 23.5 Å². The highest BCUT2D eigenvalue weighted by Crippen LogP contribution is 2.30. The van der Waals surface area contributed by atoms with Crippen LogP contribution in [0.15, 0.2) is 36.7 Å². The number of imidazole rings is 1. The molecular formula is C15H12F3N3O2S. The van der Waals surface area contributed by atoms with E-state index >= 15 is 0 Å². The molecule has 0 saturated heterocycles. The molecule has 9 heteroatoms. The molecule has 0 saturated carbocycles. The number of fused-ring (bicyclic) bond motifs is 1. The van der Waals surface area contributed by atoms with Gasteiger partial charge in [0.15, 0.2) is 4.96 Å². The molecule has 1 N–H and O–H groups in total. The molecule has 0 fully saturated rings. The summed E-state index contributed by atoms with van der Waals surface area (Å²) in [5.41, 5.74) is 0.871. The molecule has 0 spiro atoms. The number of methoxy groups -OCH3 is 1. The van der Waals surface area contributed by atoms with E-state index in [2.05, 4.69) is 4.98 Å². The van der Waals surface area contributed by atoms with Crippen molar-refractivity contribution in [3.63, 3.8) is 0 Å². The van der Waals surface area contributed by atoms with Gasteiger partial charge in [-0.25, -0.2) is 4.98 Å². The molecule has 0 aliphatic rings. The Bertz CT molecular complexity index is 854. The number of alkyl halides is 3. The van der Waals surface area contributed by atoms with E-state index in [1.54, 1.807) is 23.0 Å². The summed E-state index contributed by atoms with van der Waals surface area (Å²) in [6.07, 6.45) is -1.28. The molecule has 3 rings (SSSR count). The minimum atomic E-state index is -4.45.